The molecule has 0 atom stereocenters. The van der Waals surface area contributed by atoms with Crippen LogP contribution in [0.15, 0.2) is 9.59 Å². The lowest BCUT2D eigenvalue weighted by Gasteiger charge is -2.10. The Kier molecular flexibility index (Phi) is 6.74. The molecule has 0 aliphatic rings. The van der Waals surface area contributed by atoms with Gasteiger partial charge in [-0.15, -0.1) is 0 Å². The first-order chi connectivity index (χ1) is 11.1. The van der Waals surface area contributed by atoms with Crippen molar-refractivity contribution < 1.29 is 0 Å². The van der Waals surface area contributed by atoms with Crippen LogP contribution in [0.1, 0.15) is 91.0 Å². The summed E-state index contributed by atoms with van der Waals surface area (Å²) in [6.45, 7) is 16.0. The van der Waals surface area contributed by atoms with Crippen molar-refractivity contribution in [3.63, 3.8) is 0 Å². The molecule has 136 valence electrons. The Morgan fingerprint density at radius 2 is 0.958 bits per heavy atom. The molecule has 0 aromatic carbocycles. The van der Waals surface area contributed by atoms with E-state index in [1.165, 1.54) is 0 Å². The van der Waals surface area contributed by atoms with E-state index in [1.807, 2.05) is 55.4 Å². The molecule has 8 heteroatoms. The molecular weight excluding hydrogens is 308 g/mol. The standard InChI is InChI=1S/2C8H15N3O/c2*1-5(2)7-9-10-8(12)11(7)6(3)4/h2*5-6H,1-4H3,(H,10,12). The van der Waals surface area contributed by atoms with Crippen molar-refractivity contribution >= 4 is 0 Å². The van der Waals surface area contributed by atoms with E-state index >= 15 is 0 Å². The first kappa shape index (κ1) is 19.9. The van der Waals surface area contributed by atoms with Crippen molar-refractivity contribution in [1.29, 1.82) is 0 Å². The Morgan fingerprint density at radius 3 is 1.12 bits per heavy atom. The Balaban J connectivity index is 0.000000240. The fourth-order valence-electron chi connectivity index (χ4n) is 2.45. The summed E-state index contributed by atoms with van der Waals surface area (Å²) in [7, 11) is 0. The van der Waals surface area contributed by atoms with E-state index in [4.69, 9.17) is 0 Å². The summed E-state index contributed by atoms with van der Waals surface area (Å²) in [5.74, 6) is 2.22. The van der Waals surface area contributed by atoms with E-state index in [9.17, 15) is 9.59 Å². The van der Waals surface area contributed by atoms with Crippen molar-refractivity contribution in [3.05, 3.63) is 32.6 Å². The van der Waals surface area contributed by atoms with Gasteiger partial charge in [-0.1, -0.05) is 27.7 Å². The van der Waals surface area contributed by atoms with Crippen LogP contribution in [0, 0.1) is 0 Å². The van der Waals surface area contributed by atoms with Gasteiger partial charge in [0.1, 0.15) is 11.6 Å². The second kappa shape index (κ2) is 8.12. The molecule has 0 bridgehead atoms. The lowest BCUT2D eigenvalue weighted by molar-refractivity contribution is 0.536. The van der Waals surface area contributed by atoms with E-state index in [1.54, 1.807) is 9.13 Å². The van der Waals surface area contributed by atoms with Crippen LogP contribution in [0.3, 0.4) is 0 Å². The summed E-state index contributed by atoms with van der Waals surface area (Å²) in [6.07, 6.45) is 0. The number of nitrogens with one attached hydrogen (secondary N) is 2. The molecule has 0 saturated carbocycles. The summed E-state index contributed by atoms with van der Waals surface area (Å²) >= 11 is 0. The van der Waals surface area contributed by atoms with Gasteiger partial charge in [0.25, 0.3) is 0 Å². The molecule has 0 aliphatic heterocycles. The molecule has 0 spiro atoms. The summed E-state index contributed by atoms with van der Waals surface area (Å²) in [5.41, 5.74) is -0.234. The average Bonchev–Trinajstić information content (AvgIpc) is 3.02. The highest BCUT2D eigenvalue weighted by Crippen LogP contribution is 2.13. The van der Waals surface area contributed by atoms with Crippen molar-refractivity contribution in [2.45, 2.75) is 79.3 Å². The van der Waals surface area contributed by atoms with Crippen LogP contribution in [0.4, 0.5) is 0 Å². The molecule has 2 heterocycles. The molecule has 0 radical (unpaired) electrons. The number of hydrogen-bond donors (Lipinski definition) is 2. The first-order valence-corrected chi connectivity index (χ1v) is 8.41. The van der Waals surface area contributed by atoms with Crippen LogP contribution >= 0.6 is 0 Å². The second-order valence-electron chi connectivity index (χ2n) is 7.01. The smallest absolute Gasteiger partial charge is 0.276 e. The molecule has 0 saturated heterocycles. The van der Waals surface area contributed by atoms with Crippen LogP contribution in [0.2, 0.25) is 0 Å². The third kappa shape index (κ3) is 4.46. The van der Waals surface area contributed by atoms with Crippen molar-refractivity contribution in [2.75, 3.05) is 0 Å². The maximum atomic E-state index is 11.2. The number of nitrogens with zero attached hydrogens (tertiary/aromatic N) is 4. The summed E-state index contributed by atoms with van der Waals surface area (Å²) in [4.78, 5) is 22.5. The predicted octanol–water partition coefficient (Wildman–Crippen LogP) is 2.55. The van der Waals surface area contributed by atoms with Crippen molar-refractivity contribution in [1.82, 2.24) is 29.5 Å². The molecule has 8 nitrogen and oxygen atoms in total. The number of H-pyrrole nitrogens is 2. The summed E-state index contributed by atoms with van der Waals surface area (Å²) < 4.78 is 3.37. The normalized spacial score (nSPS) is 11.5. The molecule has 2 rings (SSSR count). The summed E-state index contributed by atoms with van der Waals surface area (Å²) in [5, 5.41) is 12.8. The number of rotatable bonds is 4. The number of aromatic nitrogens is 6. The molecule has 2 aromatic heterocycles. The highest BCUT2D eigenvalue weighted by atomic mass is 16.2. The van der Waals surface area contributed by atoms with Gasteiger partial charge in [-0.25, -0.2) is 19.8 Å². The van der Waals surface area contributed by atoms with Crippen LogP contribution in [0.25, 0.3) is 0 Å². The fourth-order valence-corrected chi connectivity index (χ4v) is 2.45. The quantitative estimate of drug-likeness (QED) is 0.894. The van der Waals surface area contributed by atoms with Crippen LogP contribution < -0.4 is 11.4 Å². The van der Waals surface area contributed by atoms with Gasteiger partial charge in [0.15, 0.2) is 0 Å². The number of aromatic amines is 2. The van der Waals surface area contributed by atoms with Gasteiger partial charge >= 0.3 is 11.4 Å². The first-order valence-electron chi connectivity index (χ1n) is 8.41. The molecule has 0 unspecified atom stereocenters. The maximum Gasteiger partial charge on any atom is 0.343 e. The van der Waals surface area contributed by atoms with E-state index < -0.39 is 0 Å². The zero-order valence-corrected chi connectivity index (χ0v) is 15.9. The Labute approximate surface area is 142 Å². The van der Waals surface area contributed by atoms with Gasteiger partial charge < -0.3 is 0 Å². The summed E-state index contributed by atoms with van der Waals surface area (Å²) in [6, 6.07) is 0.349. The minimum absolute atomic E-state index is 0.117. The van der Waals surface area contributed by atoms with E-state index in [0.29, 0.717) is 0 Å². The monoisotopic (exact) mass is 338 g/mol. The highest BCUT2D eigenvalue weighted by Gasteiger charge is 2.14. The predicted molar refractivity (Wildman–Crippen MR) is 94.6 cm³/mol. The minimum atomic E-state index is -0.117. The molecule has 0 amide bonds. The van der Waals surface area contributed by atoms with Crippen molar-refractivity contribution in [2.24, 2.45) is 0 Å². The van der Waals surface area contributed by atoms with Crippen LogP contribution in [0.5, 0.6) is 0 Å². The lowest BCUT2D eigenvalue weighted by Crippen LogP contribution is -2.21. The fraction of sp³-hybridized carbons (Fsp3) is 0.750. The minimum Gasteiger partial charge on any atom is -0.276 e. The molecule has 0 aliphatic carbocycles. The molecule has 24 heavy (non-hydrogen) atoms. The van der Waals surface area contributed by atoms with Gasteiger partial charge in [0, 0.05) is 23.9 Å². The Hall–Kier alpha value is -2.12. The third-order valence-corrected chi connectivity index (χ3v) is 3.53. The Bertz CT molecular complexity index is 681. The largest absolute Gasteiger partial charge is 0.343 e. The molecule has 0 fully saturated rings. The van der Waals surface area contributed by atoms with Gasteiger partial charge in [-0.05, 0) is 27.7 Å². The average molecular weight is 338 g/mol. The number of hydrogen-bond acceptors (Lipinski definition) is 4. The topological polar surface area (TPSA) is 101 Å². The van der Waals surface area contributed by atoms with E-state index in [0.717, 1.165) is 11.6 Å². The zero-order valence-electron chi connectivity index (χ0n) is 15.9. The zero-order chi connectivity index (χ0) is 18.6. The van der Waals surface area contributed by atoms with Crippen LogP contribution in [-0.2, 0) is 0 Å². The molecule has 2 aromatic rings. The Morgan fingerprint density at radius 1 is 0.667 bits per heavy atom. The third-order valence-electron chi connectivity index (χ3n) is 3.53. The van der Waals surface area contributed by atoms with E-state index in [2.05, 4.69) is 20.4 Å². The maximum absolute atomic E-state index is 11.2. The van der Waals surface area contributed by atoms with Crippen molar-refractivity contribution in [3.8, 4) is 0 Å². The molecule has 2 N–H and O–H groups in total. The SMILES string of the molecule is CC(C)c1n[nH]c(=O)n1C(C)C.CC(C)c1n[nH]c(=O)n1C(C)C. The second-order valence-corrected chi connectivity index (χ2v) is 7.01. The van der Waals surface area contributed by atoms with Gasteiger partial charge in [-0.3, -0.25) is 9.13 Å². The lowest BCUT2D eigenvalue weighted by atomic mass is 10.2. The van der Waals surface area contributed by atoms with E-state index in [-0.39, 0.29) is 35.3 Å². The van der Waals surface area contributed by atoms with Gasteiger partial charge in [-0.2, -0.15) is 10.2 Å². The molecular formula is C16H30N6O2. The van der Waals surface area contributed by atoms with Gasteiger partial charge in [0.05, 0.1) is 0 Å². The van der Waals surface area contributed by atoms with Gasteiger partial charge in [0.2, 0.25) is 0 Å². The van der Waals surface area contributed by atoms with Crippen LogP contribution in [-0.4, -0.2) is 29.5 Å². The highest BCUT2D eigenvalue weighted by molar-refractivity contribution is 4.94.